The van der Waals surface area contributed by atoms with Crippen LogP contribution in [0.1, 0.15) is 29.5 Å². The van der Waals surface area contributed by atoms with Crippen LogP contribution in [0.25, 0.3) is 11.1 Å². The largest absolute Gasteiger partial charge is 0.494 e. The average molecular weight is 286 g/mol. The Morgan fingerprint density at radius 1 is 0.773 bits per heavy atom. The summed E-state index contributed by atoms with van der Waals surface area (Å²) in [5.74, 6) is 1.26. The Balaban J connectivity index is 2.00. The van der Waals surface area contributed by atoms with Gasteiger partial charge in [0.15, 0.2) is 0 Å². The number of ether oxygens (including phenoxy) is 1. The van der Waals surface area contributed by atoms with Crippen LogP contribution in [0.2, 0.25) is 0 Å². The zero-order valence-electron chi connectivity index (χ0n) is 12.6. The lowest BCUT2D eigenvalue weighted by atomic mass is 9.89. The molecule has 0 radical (unpaired) electrons. The molecule has 0 N–H and O–H groups in total. The fourth-order valence-corrected chi connectivity index (χ4v) is 3.50. The molecular formula is C21H18O. The van der Waals surface area contributed by atoms with E-state index >= 15 is 0 Å². The van der Waals surface area contributed by atoms with Gasteiger partial charge in [0.1, 0.15) is 5.75 Å². The number of rotatable bonds is 3. The van der Waals surface area contributed by atoms with Crippen molar-refractivity contribution in [3.05, 3.63) is 89.5 Å². The molecule has 0 heterocycles. The van der Waals surface area contributed by atoms with Gasteiger partial charge in [-0.2, -0.15) is 0 Å². The smallest absolute Gasteiger partial charge is 0.124 e. The molecule has 1 nitrogen and oxygen atoms in total. The van der Waals surface area contributed by atoms with Crippen LogP contribution in [-0.2, 0) is 0 Å². The normalized spacial score (nSPS) is 15.2. The minimum Gasteiger partial charge on any atom is -0.494 e. The van der Waals surface area contributed by atoms with Crippen LogP contribution in [0.5, 0.6) is 5.75 Å². The third-order valence-corrected chi connectivity index (χ3v) is 4.35. The van der Waals surface area contributed by atoms with E-state index in [1.165, 1.54) is 27.8 Å². The summed E-state index contributed by atoms with van der Waals surface area (Å²) >= 11 is 0. The first-order chi connectivity index (χ1) is 10.9. The van der Waals surface area contributed by atoms with Gasteiger partial charge in [0, 0.05) is 11.5 Å². The van der Waals surface area contributed by atoms with E-state index in [1.54, 1.807) is 0 Å². The molecule has 3 aromatic carbocycles. The molecule has 3 aromatic rings. The number of fused-ring (bicyclic) bond motifs is 3. The molecule has 0 aromatic heterocycles. The first-order valence-electron chi connectivity index (χ1n) is 7.80. The van der Waals surface area contributed by atoms with Gasteiger partial charge < -0.3 is 4.74 Å². The lowest BCUT2D eigenvalue weighted by Crippen LogP contribution is -2.03. The van der Waals surface area contributed by atoms with E-state index in [-0.39, 0.29) is 5.92 Å². The predicted octanol–water partition coefficient (Wildman–Crippen LogP) is 5.25. The van der Waals surface area contributed by atoms with Crippen molar-refractivity contribution in [1.82, 2.24) is 0 Å². The van der Waals surface area contributed by atoms with Crippen LogP contribution in [0.4, 0.5) is 0 Å². The fraction of sp³-hybridized carbons (Fsp3) is 0.143. The predicted molar refractivity (Wildman–Crippen MR) is 90.4 cm³/mol. The molecule has 1 aliphatic rings. The second kappa shape index (κ2) is 5.34. The van der Waals surface area contributed by atoms with Crippen molar-refractivity contribution in [3.8, 4) is 16.9 Å². The second-order valence-corrected chi connectivity index (χ2v) is 5.58. The molecule has 4 rings (SSSR count). The summed E-state index contributed by atoms with van der Waals surface area (Å²) < 4.78 is 5.93. The summed E-state index contributed by atoms with van der Waals surface area (Å²) in [7, 11) is 0. The van der Waals surface area contributed by atoms with Gasteiger partial charge in [0.2, 0.25) is 0 Å². The maximum absolute atomic E-state index is 5.93. The maximum Gasteiger partial charge on any atom is 0.124 e. The lowest BCUT2D eigenvalue weighted by Gasteiger charge is -2.17. The third kappa shape index (κ3) is 1.93. The Bertz CT molecular complexity index is 805. The molecule has 0 fully saturated rings. The lowest BCUT2D eigenvalue weighted by molar-refractivity contribution is 0.336. The van der Waals surface area contributed by atoms with Crippen molar-refractivity contribution in [1.29, 1.82) is 0 Å². The molecule has 0 spiro atoms. The molecule has 0 bridgehead atoms. The summed E-state index contributed by atoms with van der Waals surface area (Å²) in [6.45, 7) is 2.73. The van der Waals surface area contributed by atoms with Gasteiger partial charge in [0.05, 0.1) is 6.61 Å². The van der Waals surface area contributed by atoms with E-state index < -0.39 is 0 Å². The van der Waals surface area contributed by atoms with Gasteiger partial charge in [-0.3, -0.25) is 0 Å². The second-order valence-electron chi connectivity index (χ2n) is 5.58. The Morgan fingerprint density at radius 2 is 1.50 bits per heavy atom. The van der Waals surface area contributed by atoms with Gasteiger partial charge in [-0.05, 0) is 35.2 Å². The SMILES string of the molecule is CCOc1cccc2c1C(c1ccccc1)c1ccccc1-2. The van der Waals surface area contributed by atoms with Crippen LogP contribution in [0, 0.1) is 0 Å². The number of benzene rings is 3. The summed E-state index contributed by atoms with van der Waals surface area (Å²) in [6.07, 6.45) is 0. The first-order valence-corrected chi connectivity index (χ1v) is 7.80. The minimum atomic E-state index is 0.259. The molecule has 1 aliphatic carbocycles. The van der Waals surface area contributed by atoms with Crippen molar-refractivity contribution in [2.75, 3.05) is 6.61 Å². The topological polar surface area (TPSA) is 9.23 Å². The van der Waals surface area contributed by atoms with Gasteiger partial charge in [-0.25, -0.2) is 0 Å². The van der Waals surface area contributed by atoms with Gasteiger partial charge in [-0.15, -0.1) is 0 Å². The van der Waals surface area contributed by atoms with Crippen LogP contribution >= 0.6 is 0 Å². The Kier molecular flexibility index (Phi) is 3.19. The molecule has 0 aliphatic heterocycles. The monoisotopic (exact) mass is 286 g/mol. The third-order valence-electron chi connectivity index (χ3n) is 4.35. The number of hydrogen-bond donors (Lipinski definition) is 0. The van der Waals surface area contributed by atoms with E-state index in [1.807, 2.05) is 6.92 Å². The van der Waals surface area contributed by atoms with Crippen molar-refractivity contribution in [2.24, 2.45) is 0 Å². The molecule has 1 atom stereocenters. The highest BCUT2D eigenvalue weighted by atomic mass is 16.5. The number of hydrogen-bond acceptors (Lipinski definition) is 1. The highest BCUT2D eigenvalue weighted by molar-refractivity contribution is 5.82. The Morgan fingerprint density at radius 3 is 2.32 bits per heavy atom. The Labute approximate surface area is 131 Å². The molecule has 0 saturated carbocycles. The molecule has 0 saturated heterocycles. The van der Waals surface area contributed by atoms with Crippen LogP contribution in [0.3, 0.4) is 0 Å². The molecule has 1 heteroatoms. The van der Waals surface area contributed by atoms with E-state index in [0.717, 1.165) is 5.75 Å². The highest BCUT2D eigenvalue weighted by Gasteiger charge is 2.32. The van der Waals surface area contributed by atoms with E-state index in [9.17, 15) is 0 Å². The molecule has 0 amide bonds. The van der Waals surface area contributed by atoms with E-state index in [0.29, 0.717) is 6.61 Å². The van der Waals surface area contributed by atoms with Gasteiger partial charge in [0.25, 0.3) is 0 Å². The van der Waals surface area contributed by atoms with Crippen molar-refractivity contribution in [3.63, 3.8) is 0 Å². The fourth-order valence-electron chi connectivity index (χ4n) is 3.50. The van der Waals surface area contributed by atoms with Crippen LogP contribution < -0.4 is 4.74 Å². The maximum atomic E-state index is 5.93. The zero-order valence-corrected chi connectivity index (χ0v) is 12.6. The summed E-state index contributed by atoms with van der Waals surface area (Å²) in [6, 6.07) is 25.8. The molecule has 1 unspecified atom stereocenters. The van der Waals surface area contributed by atoms with E-state index in [4.69, 9.17) is 4.74 Å². The van der Waals surface area contributed by atoms with Gasteiger partial charge >= 0.3 is 0 Å². The zero-order chi connectivity index (χ0) is 14.9. The Hall–Kier alpha value is -2.54. The standard InChI is InChI=1S/C21H18O/c1-2-22-19-14-8-13-18-16-11-6-7-12-17(16)20(21(18)19)15-9-4-3-5-10-15/h3-14,20H,2H2,1H3. The summed E-state index contributed by atoms with van der Waals surface area (Å²) in [5.41, 5.74) is 6.62. The van der Waals surface area contributed by atoms with Gasteiger partial charge in [-0.1, -0.05) is 66.7 Å². The van der Waals surface area contributed by atoms with Crippen molar-refractivity contribution in [2.45, 2.75) is 12.8 Å². The summed E-state index contributed by atoms with van der Waals surface area (Å²) in [5, 5.41) is 0. The van der Waals surface area contributed by atoms with Crippen LogP contribution in [-0.4, -0.2) is 6.61 Å². The minimum absolute atomic E-state index is 0.259. The highest BCUT2D eigenvalue weighted by Crippen LogP contribution is 2.51. The summed E-state index contributed by atoms with van der Waals surface area (Å²) in [4.78, 5) is 0. The molecular weight excluding hydrogens is 268 g/mol. The molecule has 108 valence electrons. The van der Waals surface area contributed by atoms with Crippen molar-refractivity contribution >= 4 is 0 Å². The quantitative estimate of drug-likeness (QED) is 0.500. The van der Waals surface area contributed by atoms with Crippen molar-refractivity contribution < 1.29 is 4.74 Å². The average Bonchev–Trinajstić information content (AvgIpc) is 2.92. The first kappa shape index (κ1) is 13.1. The van der Waals surface area contributed by atoms with Crippen LogP contribution in [0.15, 0.2) is 72.8 Å². The molecule has 22 heavy (non-hydrogen) atoms. The van der Waals surface area contributed by atoms with E-state index in [2.05, 4.69) is 72.8 Å².